The Morgan fingerprint density at radius 2 is 1.94 bits per heavy atom. The summed E-state index contributed by atoms with van der Waals surface area (Å²) in [4.78, 5) is 2.78. The lowest BCUT2D eigenvalue weighted by Crippen LogP contribution is -2.50. The number of likely N-dealkylation sites (tertiary alicyclic amines) is 1. The SMILES string of the molecule is CNC1CCCN(C2CCCC(C(C)C)C2)C1. The van der Waals surface area contributed by atoms with Crippen molar-refractivity contribution >= 4 is 0 Å². The van der Waals surface area contributed by atoms with Crippen LogP contribution in [-0.2, 0) is 0 Å². The maximum atomic E-state index is 3.47. The van der Waals surface area contributed by atoms with Crippen molar-refractivity contribution in [3.05, 3.63) is 0 Å². The Labute approximate surface area is 107 Å². The lowest BCUT2D eigenvalue weighted by atomic mass is 9.78. The van der Waals surface area contributed by atoms with Crippen molar-refractivity contribution in [2.45, 2.75) is 64.5 Å². The molecule has 0 spiro atoms. The second kappa shape index (κ2) is 6.19. The van der Waals surface area contributed by atoms with Crippen LogP contribution in [0.25, 0.3) is 0 Å². The van der Waals surface area contributed by atoms with Crippen molar-refractivity contribution in [3.8, 4) is 0 Å². The van der Waals surface area contributed by atoms with Crippen molar-refractivity contribution < 1.29 is 0 Å². The van der Waals surface area contributed by atoms with E-state index in [4.69, 9.17) is 0 Å². The first-order valence-electron chi connectivity index (χ1n) is 7.62. The smallest absolute Gasteiger partial charge is 0.0192 e. The van der Waals surface area contributed by atoms with Gasteiger partial charge in [-0.25, -0.2) is 0 Å². The number of rotatable bonds is 3. The summed E-state index contributed by atoms with van der Waals surface area (Å²) in [5.41, 5.74) is 0. The topological polar surface area (TPSA) is 15.3 Å². The van der Waals surface area contributed by atoms with Crippen LogP contribution in [0.5, 0.6) is 0 Å². The molecule has 1 saturated heterocycles. The molecule has 0 radical (unpaired) electrons. The molecule has 0 amide bonds. The van der Waals surface area contributed by atoms with E-state index < -0.39 is 0 Å². The molecule has 3 atom stereocenters. The Morgan fingerprint density at radius 1 is 1.12 bits per heavy atom. The Bertz CT molecular complexity index is 227. The fourth-order valence-electron chi connectivity index (χ4n) is 3.71. The van der Waals surface area contributed by atoms with Gasteiger partial charge in [-0.05, 0) is 51.1 Å². The van der Waals surface area contributed by atoms with Crippen LogP contribution in [0.1, 0.15) is 52.4 Å². The Balaban J connectivity index is 1.88. The quantitative estimate of drug-likeness (QED) is 0.813. The summed E-state index contributed by atoms with van der Waals surface area (Å²) in [5.74, 6) is 1.85. The summed E-state index contributed by atoms with van der Waals surface area (Å²) in [6.45, 7) is 7.43. The van der Waals surface area contributed by atoms with Gasteiger partial charge < -0.3 is 5.32 Å². The van der Waals surface area contributed by atoms with E-state index in [1.807, 2.05) is 0 Å². The van der Waals surface area contributed by atoms with Gasteiger partial charge >= 0.3 is 0 Å². The molecule has 1 aliphatic carbocycles. The molecule has 2 heteroatoms. The average Bonchev–Trinajstić information content (AvgIpc) is 2.39. The van der Waals surface area contributed by atoms with Gasteiger partial charge in [-0.15, -0.1) is 0 Å². The molecule has 3 unspecified atom stereocenters. The van der Waals surface area contributed by atoms with Gasteiger partial charge in [0.15, 0.2) is 0 Å². The third-order valence-electron chi connectivity index (χ3n) is 5.01. The first-order valence-corrected chi connectivity index (χ1v) is 7.62. The van der Waals surface area contributed by atoms with Gasteiger partial charge in [-0.2, -0.15) is 0 Å². The predicted molar refractivity (Wildman–Crippen MR) is 74.2 cm³/mol. The molecule has 0 aromatic carbocycles. The first-order chi connectivity index (χ1) is 8.20. The molecule has 2 fully saturated rings. The molecule has 1 heterocycles. The number of likely N-dealkylation sites (N-methyl/N-ethyl adjacent to an activating group) is 1. The van der Waals surface area contributed by atoms with E-state index in [-0.39, 0.29) is 0 Å². The molecule has 1 aliphatic heterocycles. The van der Waals surface area contributed by atoms with Gasteiger partial charge in [-0.3, -0.25) is 4.90 Å². The molecule has 100 valence electrons. The van der Waals surface area contributed by atoms with E-state index in [1.54, 1.807) is 0 Å². The number of piperidine rings is 1. The summed E-state index contributed by atoms with van der Waals surface area (Å²) in [5, 5.41) is 3.47. The van der Waals surface area contributed by atoms with E-state index >= 15 is 0 Å². The van der Waals surface area contributed by atoms with Crippen molar-refractivity contribution in [2.24, 2.45) is 11.8 Å². The summed E-state index contributed by atoms with van der Waals surface area (Å²) in [6.07, 6.45) is 8.57. The molecular formula is C15H30N2. The van der Waals surface area contributed by atoms with Crippen LogP contribution in [0.4, 0.5) is 0 Å². The number of hydrogen-bond acceptors (Lipinski definition) is 2. The summed E-state index contributed by atoms with van der Waals surface area (Å²) in [7, 11) is 2.12. The lowest BCUT2D eigenvalue weighted by molar-refractivity contribution is 0.0834. The lowest BCUT2D eigenvalue weighted by Gasteiger charge is -2.42. The monoisotopic (exact) mass is 238 g/mol. The van der Waals surface area contributed by atoms with E-state index in [0.717, 1.165) is 23.9 Å². The maximum absolute atomic E-state index is 3.47. The van der Waals surface area contributed by atoms with E-state index in [2.05, 4.69) is 31.1 Å². The van der Waals surface area contributed by atoms with Crippen molar-refractivity contribution in [1.29, 1.82) is 0 Å². The van der Waals surface area contributed by atoms with Crippen LogP contribution < -0.4 is 5.32 Å². The molecule has 2 nitrogen and oxygen atoms in total. The molecule has 1 N–H and O–H groups in total. The zero-order chi connectivity index (χ0) is 12.3. The van der Waals surface area contributed by atoms with Crippen LogP contribution in [0.15, 0.2) is 0 Å². The minimum absolute atomic E-state index is 0.739. The van der Waals surface area contributed by atoms with Gasteiger partial charge in [0.1, 0.15) is 0 Å². The summed E-state index contributed by atoms with van der Waals surface area (Å²) in [6, 6.07) is 1.62. The van der Waals surface area contributed by atoms with E-state index in [0.29, 0.717) is 0 Å². The zero-order valence-corrected chi connectivity index (χ0v) is 11.9. The minimum atomic E-state index is 0.739. The second-order valence-electron chi connectivity index (χ2n) is 6.45. The Morgan fingerprint density at radius 3 is 2.65 bits per heavy atom. The Hall–Kier alpha value is -0.0800. The van der Waals surface area contributed by atoms with Gasteiger partial charge in [0.25, 0.3) is 0 Å². The highest BCUT2D eigenvalue weighted by Gasteiger charge is 2.30. The largest absolute Gasteiger partial charge is 0.316 e. The molecule has 2 rings (SSSR count). The van der Waals surface area contributed by atoms with Crippen molar-refractivity contribution in [2.75, 3.05) is 20.1 Å². The van der Waals surface area contributed by atoms with Crippen molar-refractivity contribution in [1.82, 2.24) is 10.2 Å². The number of hydrogen-bond donors (Lipinski definition) is 1. The van der Waals surface area contributed by atoms with Crippen LogP contribution in [0, 0.1) is 11.8 Å². The van der Waals surface area contributed by atoms with Gasteiger partial charge in [0, 0.05) is 18.6 Å². The molecular weight excluding hydrogens is 208 g/mol. The van der Waals surface area contributed by atoms with Gasteiger partial charge in [-0.1, -0.05) is 26.7 Å². The van der Waals surface area contributed by atoms with Crippen LogP contribution in [0.2, 0.25) is 0 Å². The third-order valence-corrected chi connectivity index (χ3v) is 5.01. The highest BCUT2D eigenvalue weighted by Crippen LogP contribution is 2.33. The third kappa shape index (κ3) is 3.45. The fourth-order valence-corrected chi connectivity index (χ4v) is 3.71. The molecule has 1 saturated carbocycles. The highest BCUT2D eigenvalue weighted by molar-refractivity contribution is 4.86. The van der Waals surface area contributed by atoms with Crippen LogP contribution in [0.3, 0.4) is 0 Å². The molecule has 2 aliphatic rings. The van der Waals surface area contributed by atoms with E-state index in [1.165, 1.54) is 51.6 Å². The molecule has 0 bridgehead atoms. The summed E-state index contributed by atoms with van der Waals surface area (Å²) < 4.78 is 0. The number of nitrogens with one attached hydrogen (secondary N) is 1. The van der Waals surface area contributed by atoms with Crippen molar-refractivity contribution in [3.63, 3.8) is 0 Å². The zero-order valence-electron chi connectivity index (χ0n) is 11.9. The summed E-state index contributed by atoms with van der Waals surface area (Å²) >= 11 is 0. The predicted octanol–water partition coefficient (Wildman–Crippen LogP) is 2.89. The molecule has 17 heavy (non-hydrogen) atoms. The standard InChI is InChI=1S/C15H30N2/c1-12(2)13-6-4-8-15(10-13)17-9-5-7-14(11-17)16-3/h12-16H,4-11H2,1-3H3. The van der Waals surface area contributed by atoms with Gasteiger partial charge in [0.05, 0.1) is 0 Å². The van der Waals surface area contributed by atoms with Crippen LogP contribution >= 0.6 is 0 Å². The highest BCUT2D eigenvalue weighted by atomic mass is 15.2. The molecule has 0 aromatic rings. The Kier molecular flexibility index (Phi) is 4.87. The first kappa shape index (κ1) is 13.4. The minimum Gasteiger partial charge on any atom is -0.316 e. The van der Waals surface area contributed by atoms with Gasteiger partial charge in [0.2, 0.25) is 0 Å². The number of nitrogens with zero attached hydrogens (tertiary/aromatic N) is 1. The van der Waals surface area contributed by atoms with E-state index in [9.17, 15) is 0 Å². The normalized spacial score (nSPS) is 36.4. The van der Waals surface area contributed by atoms with Crippen LogP contribution in [-0.4, -0.2) is 37.1 Å². The fraction of sp³-hybridized carbons (Fsp3) is 1.00. The molecule has 0 aromatic heterocycles. The average molecular weight is 238 g/mol. The maximum Gasteiger partial charge on any atom is 0.0192 e. The second-order valence-corrected chi connectivity index (χ2v) is 6.45.